The highest BCUT2D eigenvalue weighted by atomic mass is 16.2. The molecule has 1 aromatic carbocycles. The lowest BCUT2D eigenvalue weighted by atomic mass is 10.3. The van der Waals surface area contributed by atoms with Gasteiger partial charge in [-0.05, 0) is 18.6 Å². The molecule has 0 bridgehead atoms. The molecule has 1 aliphatic rings. The van der Waals surface area contributed by atoms with Crippen molar-refractivity contribution in [2.75, 3.05) is 25.0 Å². The Morgan fingerprint density at radius 1 is 1.29 bits per heavy atom. The lowest BCUT2D eigenvalue weighted by Crippen LogP contribution is -2.39. The summed E-state index contributed by atoms with van der Waals surface area (Å²) in [4.78, 5) is 24.7. The molecule has 1 fully saturated rings. The molecule has 1 saturated heterocycles. The smallest absolute Gasteiger partial charge is 0.322 e. The first kappa shape index (κ1) is 11.4. The van der Waals surface area contributed by atoms with Crippen LogP contribution in [0.25, 0.3) is 0 Å². The molecule has 1 aromatic rings. The van der Waals surface area contributed by atoms with Crippen molar-refractivity contribution < 1.29 is 9.59 Å². The van der Waals surface area contributed by atoms with Crippen LogP contribution in [0.3, 0.4) is 0 Å². The number of carbonyl (C=O) groups excluding carboxylic acids is 2. The second-order valence-corrected chi connectivity index (χ2v) is 3.92. The van der Waals surface area contributed by atoms with Crippen LogP contribution in [-0.2, 0) is 4.79 Å². The van der Waals surface area contributed by atoms with E-state index in [9.17, 15) is 9.59 Å². The van der Waals surface area contributed by atoms with E-state index < -0.39 is 0 Å². The fraction of sp³-hybridized carbons (Fsp3) is 0.333. The van der Waals surface area contributed by atoms with Crippen LogP contribution in [0.4, 0.5) is 10.5 Å². The highest BCUT2D eigenvalue weighted by Gasteiger charge is 2.19. The van der Waals surface area contributed by atoms with Crippen LogP contribution in [-0.4, -0.2) is 36.5 Å². The molecule has 0 unspecified atom stereocenters. The summed E-state index contributed by atoms with van der Waals surface area (Å²) in [5, 5.41) is 5.50. The maximum absolute atomic E-state index is 11.9. The molecule has 0 atom stereocenters. The number of hydrogen-bond acceptors (Lipinski definition) is 2. The van der Waals surface area contributed by atoms with Gasteiger partial charge in [-0.3, -0.25) is 4.79 Å². The van der Waals surface area contributed by atoms with Crippen LogP contribution in [0.1, 0.15) is 6.42 Å². The van der Waals surface area contributed by atoms with E-state index in [-0.39, 0.29) is 18.5 Å². The average molecular weight is 233 g/mol. The molecule has 5 nitrogen and oxygen atoms in total. The topological polar surface area (TPSA) is 61.4 Å². The lowest BCUT2D eigenvalue weighted by molar-refractivity contribution is -0.120. The van der Waals surface area contributed by atoms with Crippen LogP contribution >= 0.6 is 0 Å². The number of benzene rings is 1. The normalized spacial score (nSPS) is 16.0. The van der Waals surface area contributed by atoms with E-state index in [0.29, 0.717) is 13.1 Å². The number of amides is 3. The van der Waals surface area contributed by atoms with Crippen LogP contribution in [0, 0.1) is 0 Å². The molecule has 90 valence electrons. The number of anilines is 1. The van der Waals surface area contributed by atoms with Crippen molar-refractivity contribution in [2.24, 2.45) is 0 Å². The van der Waals surface area contributed by atoms with Gasteiger partial charge >= 0.3 is 6.03 Å². The molecule has 0 aromatic heterocycles. The zero-order chi connectivity index (χ0) is 12.1. The van der Waals surface area contributed by atoms with Crippen LogP contribution < -0.4 is 10.6 Å². The standard InChI is InChI=1S/C12H15N3O2/c16-11-9-15(8-4-7-13-11)12(17)14-10-5-2-1-3-6-10/h1-3,5-6H,4,7-9H2,(H,13,16)(H,14,17). The second-order valence-electron chi connectivity index (χ2n) is 3.92. The van der Waals surface area contributed by atoms with E-state index in [2.05, 4.69) is 10.6 Å². The van der Waals surface area contributed by atoms with Crippen molar-refractivity contribution in [3.8, 4) is 0 Å². The quantitative estimate of drug-likeness (QED) is 0.761. The summed E-state index contributed by atoms with van der Waals surface area (Å²) < 4.78 is 0. The minimum Gasteiger partial charge on any atom is -0.354 e. The maximum atomic E-state index is 11.9. The van der Waals surface area contributed by atoms with Crippen molar-refractivity contribution in [3.63, 3.8) is 0 Å². The molecule has 0 radical (unpaired) electrons. The first-order valence-electron chi connectivity index (χ1n) is 5.63. The molecule has 0 saturated carbocycles. The monoisotopic (exact) mass is 233 g/mol. The Labute approximate surface area is 99.8 Å². The Morgan fingerprint density at radius 2 is 2.06 bits per heavy atom. The van der Waals surface area contributed by atoms with E-state index in [1.165, 1.54) is 4.90 Å². The van der Waals surface area contributed by atoms with Gasteiger partial charge in [0.25, 0.3) is 0 Å². The summed E-state index contributed by atoms with van der Waals surface area (Å²) in [7, 11) is 0. The van der Waals surface area contributed by atoms with Gasteiger partial charge in [-0.1, -0.05) is 18.2 Å². The van der Waals surface area contributed by atoms with Crippen LogP contribution in [0.5, 0.6) is 0 Å². The predicted molar refractivity (Wildman–Crippen MR) is 64.7 cm³/mol. The number of nitrogens with one attached hydrogen (secondary N) is 2. The Bertz CT molecular complexity index is 405. The number of rotatable bonds is 1. The van der Waals surface area contributed by atoms with Gasteiger partial charge in [0.15, 0.2) is 0 Å². The van der Waals surface area contributed by atoms with Gasteiger partial charge in [0.2, 0.25) is 5.91 Å². The average Bonchev–Trinajstić information content (AvgIpc) is 2.55. The zero-order valence-electron chi connectivity index (χ0n) is 9.48. The Hall–Kier alpha value is -2.04. The van der Waals surface area contributed by atoms with Gasteiger partial charge in [-0.15, -0.1) is 0 Å². The highest BCUT2D eigenvalue weighted by Crippen LogP contribution is 2.07. The molecule has 17 heavy (non-hydrogen) atoms. The summed E-state index contributed by atoms with van der Waals surface area (Å²) in [5.41, 5.74) is 0.738. The zero-order valence-corrected chi connectivity index (χ0v) is 9.48. The summed E-state index contributed by atoms with van der Waals surface area (Å²) in [5.74, 6) is -0.106. The fourth-order valence-electron chi connectivity index (χ4n) is 1.70. The van der Waals surface area contributed by atoms with Crippen LogP contribution in [0.15, 0.2) is 30.3 Å². The predicted octanol–water partition coefficient (Wildman–Crippen LogP) is 1.04. The largest absolute Gasteiger partial charge is 0.354 e. The first-order chi connectivity index (χ1) is 8.25. The molecular weight excluding hydrogens is 218 g/mol. The van der Waals surface area contributed by atoms with Gasteiger partial charge in [0.1, 0.15) is 6.54 Å². The maximum Gasteiger partial charge on any atom is 0.322 e. The van der Waals surface area contributed by atoms with Gasteiger partial charge in [-0.2, -0.15) is 0 Å². The van der Waals surface area contributed by atoms with Crippen LogP contribution in [0.2, 0.25) is 0 Å². The third-order valence-corrected chi connectivity index (χ3v) is 2.57. The van der Waals surface area contributed by atoms with Crippen molar-refractivity contribution >= 4 is 17.6 Å². The van der Waals surface area contributed by atoms with E-state index >= 15 is 0 Å². The van der Waals surface area contributed by atoms with Gasteiger partial charge in [-0.25, -0.2) is 4.79 Å². The fourth-order valence-corrected chi connectivity index (χ4v) is 1.70. The third kappa shape index (κ3) is 3.21. The summed E-state index contributed by atoms with van der Waals surface area (Å²) in [6.07, 6.45) is 0.786. The first-order valence-corrected chi connectivity index (χ1v) is 5.63. The Kier molecular flexibility index (Phi) is 3.59. The molecule has 3 amide bonds. The number of nitrogens with zero attached hydrogens (tertiary/aromatic N) is 1. The Balaban J connectivity index is 1.97. The summed E-state index contributed by atoms with van der Waals surface area (Å²) in [6.45, 7) is 1.35. The molecule has 2 rings (SSSR count). The number of para-hydroxylation sites is 1. The molecule has 1 heterocycles. The van der Waals surface area contributed by atoms with Crippen molar-refractivity contribution in [2.45, 2.75) is 6.42 Å². The molecule has 2 N–H and O–H groups in total. The van der Waals surface area contributed by atoms with E-state index in [0.717, 1.165) is 12.1 Å². The molecule has 0 aliphatic carbocycles. The minimum atomic E-state index is -0.228. The van der Waals surface area contributed by atoms with E-state index in [1.807, 2.05) is 30.3 Å². The Morgan fingerprint density at radius 3 is 2.82 bits per heavy atom. The SMILES string of the molecule is O=C1CN(C(=O)Nc2ccccc2)CCCN1. The van der Waals surface area contributed by atoms with E-state index in [4.69, 9.17) is 0 Å². The highest BCUT2D eigenvalue weighted by molar-refractivity contribution is 5.92. The second kappa shape index (κ2) is 5.34. The van der Waals surface area contributed by atoms with Crippen molar-refractivity contribution in [1.29, 1.82) is 0 Å². The third-order valence-electron chi connectivity index (χ3n) is 2.57. The minimum absolute atomic E-state index is 0.106. The number of carbonyl (C=O) groups is 2. The summed E-state index contributed by atoms with van der Waals surface area (Å²) in [6, 6.07) is 8.99. The molecular formula is C12H15N3O2. The molecule has 0 spiro atoms. The van der Waals surface area contributed by atoms with Gasteiger partial charge < -0.3 is 15.5 Å². The van der Waals surface area contributed by atoms with Crippen molar-refractivity contribution in [1.82, 2.24) is 10.2 Å². The molecule has 1 aliphatic heterocycles. The lowest BCUT2D eigenvalue weighted by Gasteiger charge is -2.19. The summed E-state index contributed by atoms with van der Waals surface area (Å²) >= 11 is 0. The van der Waals surface area contributed by atoms with Gasteiger partial charge in [0.05, 0.1) is 0 Å². The van der Waals surface area contributed by atoms with E-state index in [1.54, 1.807) is 0 Å². The van der Waals surface area contributed by atoms with Crippen molar-refractivity contribution in [3.05, 3.63) is 30.3 Å². The number of urea groups is 1. The molecule has 5 heteroatoms. The number of hydrogen-bond donors (Lipinski definition) is 2. The van der Waals surface area contributed by atoms with Gasteiger partial charge in [0, 0.05) is 18.8 Å².